The van der Waals surface area contributed by atoms with Gasteiger partial charge in [-0.25, -0.2) is 14.1 Å². The summed E-state index contributed by atoms with van der Waals surface area (Å²) in [6.07, 6.45) is 2.67. The standard InChI is InChI=1S/C7H10FN3O/c8-7(1-2-7)4-11-5-9-6(3-12)10-11/h5,12H,1-4H2. The van der Waals surface area contributed by atoms with Gasteiger partial charge in [-0.2, -0.15) is 5.10 Å². The van der Waals surface area contributed by atoms with Crippen molar-refractivity contribution in [2.45, 2.75) is 31.7 Å². The molecular weight excluding hydrogens is 161 g/mol. The quantitative estimate of drug-likeness (QED) is 0.710. The largest absolute Gasteiger partial charge is 0.388 e. The smallest absolute Gasteiger partial charge is 0.175 e. The number of alkyl halides is 1. The number of aliphatic hydroxyl groups is 1. The van der Waals surface area contributed by atoms with Crippen molar-refractivity contribution in [2.75, 3.05) is 0 Å². The highest BCUT2D eigenvalue weighted by Gasteiger charge is 2.43. The van der Waals surface area contributed by atoms with E-state index in [0.29, 0.717) is 18.7 Å². The zero-order valence-electron chi connectivity index (χ0n) is 6.57. The molecule has 12 heavy (non-hydrogen) atoms. The van der Waals surface area contributed by atoms with Crippen molar-refractivity contribution >= 4 is 0 Å². The predicted molar refractivity (Wildman–Crippen MR) is 39.0 cm³/mol. The van der Waals surface area contributed by atoms with Gasteiger partial charge in [-0.05, 0) is 12.8 Å². The van der Waals surface area contributed by atoms with Gasteiger partial charge >= 0.3 is 0 Å². The van der Waals surface area contributed by atoms with Gasteiger partial charge in [0.25, 0.3) is 0 Å². The Morgan fingerprint density at radius 1 is 1.67 bits per heavy atom. The Kier molecular flexibility index (Phi) is 1.61. The lowest BCUT2D eigenvalue weighted by Crippen LogP contribution is -2.12. The van der Waals surface area contributed by atoms with E-state index in [1.165, 1.54) is 11.0 Å². The van der Waals surface area contributed by atoms with Gasteiger partial charge in [-0.3, -0.25) is 0 Å². The van der Waals surface area contributed by atoms with Gasteiger partial charge in [-0.1, -0.05) is 0 Å². The first kappa shape index (κ1) is 7.67. The maximum absolute atomic E-state index is 13.1. The van der Waals surface area contributed by atoms with Crippen LogP contribution in [0.15, 0.2) is 6.33 Å². The van der Waals surface area contributed by atoms with Gasteiger partial charge in [0, 0.05) is 0 Å². The number of rotatable bonds is 3. The van der Waals surface area contributed by atoms with Crippen molar-refractivity contribution < 1.29 is 9.50 Å². The molecule has 5 heteroatoms. The van der Waals surface area contributed by atoms with Crippen LogP contribution in [0.5, 0.6) is 0 Å². The van der Waals surface area contributed by atoms with E-state index in [-0.39, 0.29) is 13.2 Å². The summed E-state index contributed by atoms with van der Waals surface area (Å²) in [4.78, 5) is 3.78. The molecule has 0 aromatic carbocycles. The molecule has 1 aliphatic carbocycles. The molecule has 0 unspecified atom stereocenters. The molecule has 2 rings (SSSR count). The Labute approximate surface area is 69.0 Å². The molecule has 0 amide bonds. The van der Waals surface area contributed by atoms with E-state index in [1.54, 1.807) is 0 Å². The second-order valence-electron chi connectivity index (χ2n) is 3.17. The summed E-state index contributed by atoms with van der Waals surface area (Å²) in [6.45, 7) is 0.0757. The Hall–Kier alpha value is -0.970. The third kappa shape index (κ3) is 1.45. The lowest BCUT2D eigenvalue weighted by molar-refractivity contribution is 0.252. The first-order chi connectivity index (χ1) is 5.72. The summed E-state index contributed by atoms with van der Waals surface area (Å²) >= 11 is 0. The van der Waals surface area contributed by atoms with E-state index < -0.39 is 5.67 Å². The van der Waals surface area contributed by atoms with E-state index in [2.05, 4.69) is 10.1 Å². The topological polar surface area (TPSA) is 50.9 Å². The molecule has 66 valence electrons. The highest BCUT2D eigenvalue weighted by molar-refractivity contribution is 4.94. The van der Waals surface area contributed by atoms with E-state index in [0.717, 1.165) is 0 Å². The lowest BCUT2D eigenvalue weighted by Gasteiger charge is -2.02. The number of halogens is 1. The number of aromatic nitrogens is 3. The number of nitrogens with zero attached hydrogens (tertiary/aromatic N) is 3. The Morgan fingerprint density at radius 2 is 2.42 bits per heavy atom. The molecule has 1 saturated carbocycles. The third-order valence-electron chi connectivity index (χ3n) is 1.96. The second-order valence-corrected chi connectivity index (χ2v) is 3.17. The van der Waals surface area contributed by atoms with E-state index in [1.807, 2.05) is 0 Å². The van der Waals surface area contributed by atoms with Gasteiger partial charge in [0.15, 0.2) is 5.82 Å². The van der Waals surface area contributed by atoms with E-state index in [9.17, 15) is 4.39 Å². The minimum absolute atomic E-state index is 0.188. The predicted octanol–water partition coefficient (Wildman–Crippen LogP) is 0.273. The van der Waals surface area contributed by atoms with Crippen LogP contribution in [0.25, 0.3) is 0 Å². The molecule has 1 N–H and O–H groups in total. The molecule has 1 aromatic heterocycles. The van der Waals surface area contributed by atoms with Crippen molar-refractivity contribution in [3.05, 3.63) is 12.2 Å². The molecule has 4 nitrogen and oxygen atoms in total. The molecule has 0 bridgehead atoms. The maximum atomic E-state index is 13.1. The highest BCUT2D eigenvalue weighted by atomic mass is 19.1. The SMILES string of the molecule is OCc1ncn(CC2(F)CC2)n1. The highest BCUT2D eigenvalue weighted by Crippen LogP contribution is 2.40. The Morgan fingerprint density at radius 3 is 2.92 bits per heavy atom. The molecule has 1 heterocycles. The molecule has 0 saturated heterocycles. The molecule has 1 fully saturated rings. The van der Waals surface area contributed by atoms with Gasteiger partial charge in [-0.15, -0.1) is 0 Å². The van der Waals surface area contributed by atoms with Crippen molar-refractivity contribution in [3.8, 4) is 0 Å². The van der Waals surface area contributed by atoms with Gasteiger partial charge < -0.3 is 5.11 Å². The molecule has 0 aliphatic heterocycles. The van der Waals surface area contributed by atoms with Crippen molar-refractivity contribution in [1.82, 2.24) is 14.8 Å². The summed E-state index contributed by atoms with van der Waals surface area (Å²) in [7, 11) is 0. The minimum atomic E-state index is -1.06. The lowest BCUT2D eigenvalue weighted by atomic mass is 10.4. The fourth-order valence-electron chi connectivity index (χ4n) is 1.07. The number of hydrogen-bond acceptors (Lipinski definition) is 3. The summed E-state index contributed by atoms with van der Waals surface area (Å²) in [5.74, 6) is 0.347. The van der Waals surface area contributed by atoms with Gasteiger partial charge in [0.2, 0.25) is 0 Å². The zero-order valence-corrected chi connectivity index (χ0v) is 6.57. The fraction of sp³-hybridized carbons (Fsp3) is 0.714. The van der Waals surface area contributed by atoms with Crippen LogP contribution in [0.4, 0.5) is 4.39 Å². The Balaban J connectivity index is 2.03. The summed E-state index contributed by atoms with van der Waals surface area (Å²) in [5.41, 5.74) is -1.06. The van der Waals surface area contributed by atoms with E-state index in [4.69, 9.17) is 5.11 Å². The molecule has 0 atom stereocenters. The summed E-state index contributed by atoms with van der Waals surface area (Å²) in [6, 6.07) is 0. The van der Waals surface area contributed by atoms with Gasteiger partial charge in [0.05, 0.1) is 6.54 Å². The van der Waals surface area contributed by atoms with Crippen LogP contribution in [0.1, 0.15) is 18.7 Å². The van der Waals surface area contributed by atoms with Crippen molar-refractivity contribution in [2.24, 2.45) is 0 Å². The molecular formula is C7H10FN3O. The number of aliphatic hydroxyl groups excluding tert-OH is 1. The minimum Gasteiger partial charge on any atom is -0.388 e. The summed E-state index contributed by atoms with van der Waals surface area (Å²) < 4.78 is 14.6. The first-order valence-corrected chi connectivity index (χ1v) is 3.90. The van der Waals surface area contributed by atoms with E-state index >= 15 is 0 Å². The Bertz CT molecular complexity index is 282. The normalized spacial score (nSPS) is 19.5. The molecule has 1 aromatic rings. The fourth-order valence-corrected chi connectivity index (χ4v) is 1.07. The molecule has 1 aliphatic rings. The van der Waals surface area contributed by atoms with Crippen molar-refractivity contribution in [1.29, 1.82) is 0 Å². The second kappa shape index (κ2) is 2.52. The zero-order chi connectivity index (χ0) is 8.60. The van der Waals surface area contributed by atoms with Crippen LogP contribution < -0.4 is 0 Å². The third-order valence-corrected chi connectivity index (χ3v) is 1.96. The number of hydrogen-bond donors (Lipinski definition) is 1. The van der Waals surface area contributed by atoms with Crippen LogP contribution in [-0.2, 0) is 13.2 Å². The maximum Gasteiger partial charge on any atom is 0.175 e. The van der Waals surface area contributed by atoms with Crippen LogP contribution in [0, 0.1) is 0 Å². The monoisotopic (exact) mass is 171 g/mol. The average Bonchev–Trinajstić information content (AvgIpc) is 2.63. The van der Waals surface area contributed by atoms with Gasteiger partial charge in [0.1, 0.15) is 18.6 Å². The van der Waals surface area contributed by atoms with Crippen LogP contribution >= 0.6 is 0 Å². The first-order valence-electron chi connectivity index (χ1n) is 3.90. The van der Waals surface area contributed by atoms with Crippen LogP contribution in [0.3, 0.4) is 0 Å². The average molecular weight is 171 g/mol. The van der Waals surface area contributed by atoms with Crippen molar-refractivity contribution in [3.63, 3.8) is 0 Å². The summed E-state index contributed by atoms with van der Waals surface area (Å²) in [5, 5.41) is 12.5. The van der Waals surface area contributed by atoms with Crippen LogP contribution in [-0.4, -0.2) is 25.5 Å². The molecule has 0 radical (unpaired) electrons. The molecule has 0 spiro atoms. The van der Waals surface area contributed by atoms with Crippen LogP contribution in [0.2, 0.25) is 0 Å².